The van der Waals surface area contributed by atoms with Gasteiger partial charge in [-0.05, 0) is 43.8 Å². The van der Waals surface area contributed by atoms with Gasteiger partial charge in [-0.1, -0.05) is 24.8 Å². The van der Waals surface area contributed by atoms with E-state index in [9.17, 15) is 41.8 Å². The molecule has 0 aliphatic heterocycles. The lowest BCUT2D eigenvalue weighted by Gasteiger charge is -2.21. The first-order valence-corrected chi connectivity index (χ1v) is 12.7. The summed E-state index contributed by atoms with van der Waals surface area (Å²) in [7, 11) is 2.78. The van der Waals surface area contributed by atoms with E-state index < -0.39 is 52.8 Å². The number of alkyl halides is 3. The van der Waals surface area contributed by atoms with Crippen LogP contribution in [0.25, 0.3) is 17.2 Å². The number of carbonyl (C=O) groups is 2. The van der Waals surface area contributed by atoms with Gasteiger partial charge in [0.15, 0.2) is 0 Å². The molecule has 1 aromatic heterocycles. The zero-order valence-corrected chi connectivity index (χ0v) is 23.7. The van der Waals surface area contributed by atoms with E-state index in [0.29, 0.717) is 16.7 Å². The van der Waals surface area contributed by atoms with E-state index in [-0.39, 0.29) is 28.9 Å². The van der Waals surface area contributed by atoms with Gasteiger partial charge in [-0.15, -0.1) is 0 Å². The van der Waals surface area contributed by atoms with Crippen LogP contribution in [-0.4, -0.2) is 51.1 Å². The number of halogens is 4. The van der Waals surface area contributed by atoms with Gasteiger partial charge in [0, 0.05) is 43.5 Å². The number of anilines is 1. The molecule has 14 heteroatoms. The van der Waals surface area contributed by atoms with Crippen LogP contribution in [0, 0.1) is 12.7 Å². The summed E-state index contributed by atoms with van der Waals surface area (Å²) in [6, 6.07) is 1.30. The minimum atomic E-state index is -4.59. The number of aliphatic imine (C=N–C) groups is 1. The number of benzene rings is 2. The molecule has 0 aliphatic rings. The highest BCUT2D eigenvalue weighted by Gasteiger charge is 2.36. The maximum absolute atomic E-state index is 14.9. The summed E-state index contributed by atoms with van der Waals surface area (Å²) in [6.07, 6.45) is -2.20. The lowest BCUT2D eigenvalue weighted by atomic mass is 9.93. The fourth-order valence-corrected chi connectivity index (χ4v) is 4.53. The molecule has 2 atom stereocenters. The average molecular weight is 604 g/mol. The molecule has 0 fully saturated rings. The first kappa shape index (κ1) is 32.5. The van der Waals surface area contributed by atoms with Crippen LogP contribution in [0.4, 0.5) is 28.9 Å². The number of amides is 1. The van der Waals surface area contributed by atoms with Crippen LogP contribution in [0.3, 0.4) is 0 Å². The minimum Gasteiger partial charge on any atom is -0.480 e. The maximum atomic E-state index is 14.9. The van der Waals surface area contributed by atoms with Crippen molar-refractivity contribution in [2.75, 3.05) is 5.32 Å². The molecule has 0 bridgehead atoms. The van der Waals surface area contributed by atoms with Gasteiger partial charge >= 0.3 is 17.8 Å². The summed E-state index contributed by atoms with van der Waals surface area (Å²) in [5, 5.41) is 14.3. The number of carbonyl (C=O) groups excluding carboxylic acids is 1. The van der Waals surface area contributed by atoms with Gasteiger partial charge in [-0.3, -0.25) is 19.1 Å². The molecule has 0 saturated heterocycles. The lowest BCUT2D eigenvalue weighted by molar-refractivity contribution is -0.139. The van der Waals surface area contributed by atoms with E-state index in [0.717, 1.165) is 23.6 Å². The molecule has 1 heterocycles. The molecule has 0 saturated carbocycles. The SMILES string of the molecule is C=Cc1c(C[C@H](NC(=O)c2c(C)cc(N[C@H](C)C(F)(F)F)cc2F)C(=O)O)ccc(-c2cn(C)c(=O)n(C)c2=O)c1N=C. The van der Waals surface area contributed by atoms with Crippen LogP contribution < -0.4 is 21.9 Å². The minimum absolute atomic E-state index is 0.0216. The summed E-state index contributed by atoms with van der Waals surface area (Å²) >= 11 is 0. The van der Waals surface area contributed by atoms with Crippen molar-refractivity contribution in [3.8, 4) is 11.1 Å². The van der Waals surface area contributed by atoms with Crippen molar-refractivity contribution in [3.05, 3.63) is 86.0 Å². The number of aliphatic carboxylic acids is 1. The Bertz CT molecular complexity index is 1720. The van der Waals surface area contributed by atoms with E-state index in [1.165, 1.54) is 50.0 Å². The molecule has 0 unspecified atom stereocenters. The molecule has 2 aromatic carbocycles. The van der Waals surface area contributed by atoms with Crippen LogP contribution in [0.5, 0.6) is 0 Å². The fraction of sp³-hybridized carbons (Fsp3) is 0.276. The zero-order valence-electron chi connectivity index (χ0n) is 23.7. The van der Waals surface area contributed by atoms with Crippen molar-refractivity contribution >= 4 is 36.0 Å². The van der Waals surface area contributed by atoms with Gasteiger partial charge in [0.1, 0.15) is 17.9 Å². The van der Waals surface area contributed by atoms with Gasteiger partial charge < -0.3 is 20.3 Å². The predicted molar refractivity (Wildman–Crippen MR) is 155 cm³/mol. The quantitative estimate of drug-likeness (QED) is 0.237. The molecule has 0 radical (unpaired) electrons. The highest BCUT2D eigenvalue weighted by Crippen LogP contribution is 2.35. The number of nitrogens with one attached hydrogen (secondary N) is 2. The Hall–Kier alpha value is -5.01. The number of hydrogen-bond acceptors (Lipinski definition) is 6. The second kappa shape index (κ2) is 12.5. The molecule has 0 spiro atoms. The molecule has 3 rings (SSSR count). The van der Waals surface area contributed by atoms with Gasteiger partial charge in [-0.25, -0.2) is 14.0 Å². The molecule has 0 aliphatic carbocycles. The van der Waals surface area contributed by atoms with Crippen molar-refractivity contribution in [3.63, 3.8) is 0 Å². The Morgan fingerprint density at radius 1 is 1.16 bits per heavy atom. The number of carboxylic acids is 1. The van der Waals surface area contributed by atoms with E-state index in [1.807, 2.05) is 0 Å². The van der Waals surface area contributed by atoms with Crippen LogP contribution in [0.15, 0.2) is 51.6 Å². The maximum Gasteiger partial charge on any atom is 0.408 e. The van der Waals surface area contributed by atoms with E-state index in [4.69, 9.17) is 0 Å². The zero-order chi connectivity index (χ0) is 32.4. The van der Waals surface area contributed by atoms with Crippen LogP contribution in [0.1, 0.15) is 34.0 Å². The average Bonchev–Trinajstić information content (AvgIpc) is 2.92. The Balaban J connectivity index is 1.97. The third-order valence-corrected chi connectivity index (χ3v) is 6.82. The Morgan fingerprint density at radius 3 is 2.35 bits per heavy atom. The van der Waals surface area contributed by atoms with Gasteiger partial charge in [0.2, 0.25) is 0 Å². The normalized spacial score (nSPS) is 12.7. The first-order valence-electron chi connectivity index (χ1n) is 12.7. The monoisotopic (exact) mass is 603 g/mol. The Labute approximate surface area is 243 Å². The van der Waals surface area contributed by atoms with Gasteiger partial charge in [-0.2, -0.15) is 13.2 Å². The van der Waals surface area contributed by atoms with E-state index in [1.54, 1.807) is 0 Å². The smallest absolute Gasteiger partial charge is 0.408 e. The van der Waals surface area contributed by atoms with Crippen LogP contribution in [-0.2, 0) is 25.3 Å². The highest BCUT2D eigenvalue weighted by atomic mass is 19.4. The van der Waals surface area contributed by atoms with Crippen LogP contribution >= 0.6 is 0 Å². The number of aryl methyl sites for hydroxylation is 2. The summed E-state index contributed by atoms with van der Waals surface area (Å²) in [4.78, 5) is 54.1. The van der Waals surface area contributed by atoms with Crippen molar-refractivity contribution in [1.82, 2.24) is 14.5 Å². The first-order chi connectivity index (χ1) is 20.0. The van der Waals surface area contributed by atoms with Crippen molar-refractivity contribution in [1.29, 1.82) is 0 Å². The van der Waals surface area contributed by atoms with Gasteiger partial charge in [0.25, 0.3) is 11.5 Å². The van der Waals surface area contributed by atoms with E-state index >= 15 is 0 Å². The second-order valence-electron chi connectivity index (χ2n) is 9.82. The molecule has 3 N–H and O–H groups in total. The van der Waals surface area contributed by atoms with Crippen LogP contribution in [0.2, 0.25) is 0 Å². The molecule has 10 nitrogen and oxygen atoms in total. The molecule has 1 amide bonds. The lowest BCUT2D eigenvalue weighted by Crippen LogP contribution is -2.43. The van der Waals surface area contributed by atoms with Crippen molar-refractivity contribution < 1.29 is 32.3 Å². The molecule has 43 heavy (non-hydrogen) atoms. The van der Waals surface area contributed by atoms with Crippen molar-refractivity contribution in [2.24, 2.45) is 19.1 Å². The third-order valence-electron chi connectivity index (χ3n) is 6.82. The number of rotatable bonds is 10. The Kier molecular flexibility index (Phi) is 9.42. The fourth-order valence-electron chi connectivity index (χ4n) is 4.53. The molecule has 228 valence electrons. The topological polar surface area (TPSA) is 135 Å². The number of carboxylic acid groups (broad SMARTS) is 1. The number of hydrogen-bond donors (Lipinski definition) is 3. The molecule has 3 aromatic rings. The highest BCUT2D eigenvalue weighted by molar-refractivity contribution is 5.98. The van der Waals surface area contributed by atoms with E-state index in [2.05, 4.69) is 28.9 Å². The summed E-state index contributed by atoms with van der Waals surface area (Å²) in [5.41, 5.74) is -0.661. The summed E-state index contributed by atoms with van der Waals surface area (Å²) in [6.45, 7) is 9.45. The van der Waals surface area contributed by atoms with Crippen molar-refractivity contribution in [2.45, 2.75) is 38.5 Å². The summed E-state index contributed by atoms with van der Waals surface area (Å²) in [5.74, 6) is -3.69. The van der Waals surface area contributed by atoms with Gasteiger partial charge in [0.05, 0.1) is 16.8 Å². The molecular formula is C29H29F4N5O5. The largest absolute Gasteiger partial charge is 0.480 e. The third kappa shape index (κ3) is 6.74. The second-order valence-corrected chi connectivity index (χ2v) is 9.82. The predicted octanol–water partition coefficient (Wildman–Crippen LogP) is 3.96. The number of aromatic nitrogens is 2. The Morgan fingerprint density at radius 2 is 1.81 bits per heavy atom. The summed E-state index contributed by atoms with van der Waals surface area (Å²) < 4.78 is 55.7. The number of nitrogens with zero attached hydrogens (tertiary/aromatic N) is 3. The standard InChI is InChI=1S/C29H29F4N5O5/c1-7-18-16(8-9-19(24(18)34-4)20-13-37(5)28(43)38(6)26(20)40)11-22(27(41)42)36-25(39)23-14(2)10-17(12-21(23)30)35-15(3)29(31,32)33/h7-10,12-13,15,22,35H,1,4,11H2,2-3,5-6H3,(H,36,39)(H,41,42)/t15-,22+/m1/s1. The molecular weight excluding hydrogens is 574 g/mol.